The average molecular weight is 347 g/mol. The molecule has 23 heavy (non-hydrogen) atoms. The topological polar surface area (TPSA) is 29.5 Å². The van der Waals surface area contributed by atoms with E-state index in [1.807, 2.05) is 0 Å². The molecule has 0 spiro atoms. The van der Waals surface area contributed by atoms with E-state index in [2.05, 4.69) is 13.8 Å². The molecule has 0 fully saturated rings. The van der Waals surface area contributed by atoms with E-state index >= 15 is 0 Å². The fourth-order valence-electron chi connectivity index (χ4n) is 2.85. The monoisotopic (exact) mass is 346 g/mol. The molecule has 0 saturated carbocycles. The lowest BCUT2D eigenvalue weighted by atomic mass is 10.1. The second kappa shape index (κ2) is 20.4. The fourth-order valence-corrected chi connectivity index (χ4v) is 3.81. The van der Waals surface area contributed by atoms with Gasteiger partial charge in [-0.1, -0.05) is 104 Å². The highest BCUT2D eigenvalue weighted by Crippen LogP contribution is 2.33. The molecular formula is C20H43O2P. The van der Waals surface area contributed by atoms with Crippen LogP contribution in [0.3, 0.4) is 0 Å². The Morgan fingerprint density at radius 2 is 0.957 bits per heavy atom. The first kappa shape index (κ1) is 23.4. The number of rotatable bonds is 19. The Labute approximate surface area is 147 Å². The van der Waals surface area contributed by atoms with Gasteiger partial charge in [-0.25, -0.2) is 0 Å². The fraction of sp³-hybridized carbons (Fsp3) is 1.00. The van der Waals surface area contributed by atoms with Crippen LogP contribution >= 0.6 is 8.38 Å². The van der Waals surface area contributed by atoms with E-state index in [1.165, 1.54) is 89.9 Å². The SMILES string of the molecule is CCCCCCCCCCCCP(O)OCCCCCCCC. The highest BCUT2D eigenvalue weighted by atomic mass is 31.2. The van der Waals surface area contributed by atoms with Gasteiger partial charge in [0, 0.05) is 6.16 Å². The van der Waals surface area contributed by atoms with Crippen molar-refractivity contribution in [3.05, 3.63) is 0 Å². The van der Waals surface area contributed by atoms with E-state index in [-0.39, 0.29) is 0 Å². The molecular weight excluding hydrogens is 303 g/mol. The first-order valence-corrected chi connectivity index (χ1v) is 11.8. The van der Waals surface area contributed by atoms with Crippen molar-refractivity contribution in [1.29, 1.82) is 0 Å². The zero-order valence-corrected chi connectivity index (χ0v) is 16.9. The lowest BCUT2D eigenvalue weighted by molar-refractivity contribution is 0.297. The van der Waals surface area contributed by atoms with Crippen LogP contribution in [0.5, 0.6) is 0 Å². The first-order chi connectivity index (χ1) is 11.3. The maximum absolute atomic E-state index is 9.86. The van der Waals surface area contributed by atoms with E-state index in [4.69, 9.17) is 4.52 Å². The third-order valence-corrected chi connectivity index (χ3v) is 5.62. The molecule has 0 aliphatic heterocycles. The van der Waals surface area contributed by atoms with Gasteiger partial charge in [-0.2, -0.15) is 0 Å². The van der Waals surface area contributed by atoms with E-state index in [0.29, 0.717) is 0 Å². The van der Waals surface area contributed by atoms with E-state index in [1.54, 1.807) is 0 Å². The normalized spacial score (nSPS) is 12.7. The summed E-state index contributed by atoms with van der Waals surface area (Å²) < 4.78 is 5.55. The largest absolute Gasteiger partial charge is 0.350 e. The Bertz CT molecular complexity index is 212. The Morgan fingerprint density at radius 1 is 0.565 bits per heavy atom. The van der Waals surface area contributed by atoms with Crippen molar-refractivity contribution in [2.45, 2.75) is 117 Å². The molecule has 1 unspecified atom stereocenters. The van der Waals surface area contributed by atoms with Crippen molar-refractivity contribution in [2.75, 3.05) is 12.8 Å². The lowest BCUT2D eigenvalue weighted by Crippen LogP contribution is -1.94. The molecule has 0 rings (SSSR count). The highest BCUT2D eigenvalue weighted by molar-refractivity contribution is 7.46. The smallest absolute Gasteiger partial charge is 0.167 e. The summed E-state index contributed by atoms with van der Waals surface area (Å²) in [5.41, 5.74) is 0. The number of unbranched alkanes of at least 4 members (excludes halogenated alkanes) is 14. The third kappa shape index (κ3) is 20.3. The summed E-state index contributed by atoms with van der Waals surface area (Å²) in [4.78, 5) is 9.86. The second-order valence-corrected chi connectivity index (χ2v) is 8.27. The van der Waals surface area contributed by atoms with Crippen LogP contribution in [0.4, 0.5) is 0 Å². The summed E-state index contributed by atoms with van der Waals surface area (Å²) in [6, 6.07) is 0. The van der Waals surface area contributed by atoms with Crippen molar-refractivity contribution in [1.82, 2.24) is 0 Å². The Balaban J connectivity index is 3.11. The molecule has 0 aliphatic rings. The van der Waals surface area contributed by atoms with Gasteiger partial charge in [-0.3, -0.25) is 0 Å². The molecule has 0 amide bonds. The van der Waals surface area contributed by atoms with Crippen molar-refractivity contribution in [2.24, 2.45) is 0 Å². The summed E-state index contributed by atoms with van der Waals surface area (Å²) in [5, 5.41) is 0. The third-order valence-electron chi connectivity index (χ3n) is 4.44. The van der Waals surface area contributed by atoms with E-state index < -0.39 is 8.38 Å². The van der Waals surface area contributed by atoms with Crippen molar-refractivity contribution in [3.8, 4) is 0 Å². The van der Waals surface area contributed by atoms with E-state index in [9.17, 15) is 4.89 Å². The summed E-state index contributed by atoms with van der Waals surface area (Å²) in [6.45, 7) is 5.27. The minimum absolute atomic E-state index is 0.756. The highest BCUT2D eigenvalue weighted by Gasteiger charge is 2.04. The van der Waals surface area contributed by atoms with Crippen LogP contribution < -0.4 is 0 Å². The molecule has 2 nitrogen and oxygen atoms in total. The Hall–Kier alpha value is 0.350. The predicted octanol–water partition coefficient (Wildman–Crippen LogP) is 7.59. The van der Waals surface area contributed by atoms with Crippen LogP contribution in [-0.4, -0.2) is 17.7 Å². The number of hydrogen-bond donors (Lipinski definition) is 1. The van der Waals surface area contributed by atoms with Gasteiger partial charge in [-0.05, 0) is 12.8 Å². The maximum Gasteiger partial charge on any atom is 0.167 e. The maximum atomic E-state index is 9.86. The van der Waals surface area contributed by atoms with Crippen molar-refractivity contribution < 1.29 is 9.42 Å². The zero-order chi connectivity index (χ0) is 17.0. The van der Waals surface area contributed by atoms with Crippen LogP contribution in [0.2, 0.25) is 0 Å². The molecule has 1 atom stereocenters. The summed E-state index contributed by atoms with van der Waals surface area (Å²) in [5.74, 6) is 0. The van der Waals surface area contributed by atoms with Gasteiger partial charge in [0.2, 0.25) is 0 Å². The van der Waals surface area contributed by atoms with Gasteiger partial charge < -0.3 is 9.42 Å². The molecule has 140 valence electrons. The Kier molecular flexibility index (Phi) is 20.7. The first-order valence-electron chi connectivity index (χ1n) is 10.4. The molecule has 0 saturated heterocycles. The molecule has 0 aromatic rings. The predicted molar refractivity (Wildman–Crippen MR) is 105 cm³/mol. The minimum Gasteiger partial charge on any atom is -0.350 e. The summed E-state index contributed by atoms with van der Waals surface area (Å²) in [7, 11) is -1.14. The van der Waals surface area contributed by atoms with Gasteiger partial charge in [-0.15, -0.1) is 0 Å². The van der Waals surface area contributed by atoms with Gasteiger partial charge >= 0.3 is 0 Å². The minimum atomic E-state index is -1.14. The zero-order valence-electron chi connectivity index (χ0n) is 16.0. The van der Waals surface area contributed by atoms with Gasteiger partial charge in [0.15, 0.2) is 8.38 Å². The van der Waals surface area contributed by atoms with Crippen LogP contribution in [0.1, 0.15) is 117 Å². The molecule has 0 heterocycles. The number of hydrogen-bond acceptors (Lipinski definition) is 2. The van der Waals surface area contributed by atoms with Gasteiger partial charge in [0.05, 0.1) is 6.61 Å². The molecule has 3 heteroatoms. The summed E-state index contributed by atoms with van der Waals surface area (Å²) >= 11 is 0. The molecule has 0 aliphatic carbocycles. The molecule has 1 N–H and O–H groups in total. The molecule has 0 aromatic carbocycles. The standard InChI is InChI=1S/C20H43O2P/c1-3-5-7-9-11-12-13-14-16-18-20-23(21)22-19-17-15-10-8-6-4-2/h21H,3-20H2,1-2H3. The Morgan fingerprint density at radius 3 is 1.43 bits per heavy atom. The average Bonchev–Trinajstić information content (AvgIpc) is 2.55. The van der Waals surface area contributed by atoms with Crippen LogP contribution in [0.15, 0.2) is 0 Å². The van der Waals surface area contributed by atoms with Crippen LogP contribution in [-0.2, 0) is 4.52 Å². The van der Waals surface area contributed by atoms with Crippen molar-refractivity contribution >= 4 is 8.38 Å². The second-order valence-electron chi connectivity index (χ2n) is 6.86. The lowest BCUT2D eigenvalue weighted by Gasteiger charge is -2.10. The van der Waals surface area contributed by atoms with Crippen LogP contribution in [0, 0.1) is 0 Å². The van der Waals surface area contributed by atoms with Crippen LogP contribution in [0.25, 0.3) is 0 Å². The quantitative estimate of drug-likeness (QED) is 0.193. The van der Waals surface area contributed by atoms with Crippen molar-refractivity contribution in [3.63, 3.8) is 0 Å². The molecule has 0 bridgehead atoms. The molecule has 0 radical (unpaired) electrons. The van der Waals surface area contributed by atoms with Gasteiger partial charge in [0.1, 0.15) is 0 Å². The van der Waals surface area contributed by atoms with E-state index in [0.717, 1.165) is 25.6 Å². The van der Waals surface area contributed by atoms with Gasteiger partial charge in [0.25, 0.3) is 0 Å². The summed E-state index contributed by atoms with van der Waals surface area (Å²) in [6.07, 6.45) is 22.0. The molecule has 0 aromatic heterocycles.